The fourth-order valence-electron chi connectivity index (χ4n) is 5.29. The molecule has 0 saturated heterocycles. The van der Waals surface area contributed by atoms with E-state index < -0.39 is 0 Å². The molecule has 5 nitrogen and oxygen atoms in total. The highest BCUT2D eigenvalue weighted by molar-refractivity contribution is 5.87. The van der Waals surface area contributed by atoms with Gasteiger partial charge in [0.05, 0.1) is 12.8 Å². The molecule has 204 valence electrons. The number of nitrogens with zero attached hydrogens (tertiary/aromatic N) is 1. The summed E-state index contributed by atoms with van der Waals surface area (Å²) >= 11 is 0. The van der Waals surface area contributed by atoms with Crippen LogP contribution in [0.4, 0.5) is 0 Å². The van der Waals surface area contributed by atoms with E-state index in [0.29, 0.717) is 19.6 Å². The van der Waals surface area contributed by atoms with Crippen LogP contribution in [-0.4, -0.2) is 10.5 Å². The Morgan fingerprint density at radius 1 is 0.805 bits per heavy atom. The molecule has 0 fully saturated rings. The summed E-state index contributed by atoms with van der Waals surface area (Å²) in [5.74, 6) is 1.29. The summed E-state index contributed by atoms with van der Waals surface area (Å²) < 4.78 is 13.9. The summed E-state index contributed by atoms with van der Waals surface area (Å²) in [5, 5.41) is 4.18. The maximum absolute atomic E-state index is 13.3. The van der Waals surface area contributed by atoms with Crippen LogP contribution in [-0.2, 0) is 24.5 Å². The van der Waals surface area contributed by atoms with Crippen molar-refractivity contribution in [3.63, 3.8) is 0 Å². The van der Waals surface area contributed by atoms with Gasteiger partial charge in [-0.05, 0) is 52.6 Å². The van der Waals surface area contributed by atoms with Crippen LogP contribution in [0.25, 0.3) is 10.9 Å². The van der Waals surface area contributed by atoms with Gasteiger partial charge in [-0.25, -0.2) is 0 Å². The molecule has 2 aromatic heterocycles. The van der Waals surface area contributed by atoms with E-state index in [0.717, 1.165) is 45.6 Å². The monoisotopic (exact) mass is 540 g/mol. The molecule has 1 unspecified atom stereocenters. The molecule has 1 atom stereocenters. The Bertz CT molecular complexity index is 1710. The number of rotatable bonds is 11. The lowest BCUT2D eigenvalue weighted by atomic mass is 9.88. The van der Waals surface area contributed by atoms with Gasteiger partial charge in [0.25, 0.3) is 0 Å². The minimum atomic E-state index is -0.172. The molecular formula is C36H32N2O3. The van der Waals surface area contributed by atoms with E-state index in [2.05, 4.69) is 88.9 Å². The van der Waals surface area contributed by atoms with E-state index in [4.69, 9.17) is 9.15 Å². The number of fused-ring (bicyclic) bond motifs is 1. The maximum Gasteiger partial charge on any atom is 0.221 e. The van der Waals surface area contributed by atoms with Crippen LogP contribution in [0.2, 0.25) is 0 Å². The first-order valence-corrected chi connectivity index (χ1v) is 13.9. The fraction of sp³-hybridized carbons (Fsp3) is 0.139. The van der Waals surface area contributed by atoms with Gasteiger partial charge in [0, 0.05) is 36.0 Å². The Labute approximate surface area is 240 Å². The standard InChI is InChI=1S/C36H32N2O3/c39-36(37-23-31-17-10-20-40-31)22-33(29-15-9-16-30(21-29)41-26-28-13-5-2-6-14-28)34-25-38(24-27-11-3-1-4-12-27)35-19-8-7-18-32(34)35/h1-21,25,33H,22-24,26H2,(H,37,39). The number of carbonyl (C=O) groups excluding carboxylic acids is 1. The number of hydrogen-bond acceptors (Lipinski definition) is 3. The molecule has 6 rings (SSSR count). The van der Waals surface area contributed by atoms with Crippen LogP contribution in [0.15, 0.2) is 138 Å². The fourth-order valence-corrected chi connectivity index (χ4v) is 5.29. The molecule has 41 heavy (non-hydrogen) atoms. The lowest BCUT2D eigenvalue weighted by molar-refractivity contribution is -0.121. The second-order valence-electron chi connectivity index (χ2n) is 10.2. The topological polar surface area (TPSA) is 56.4 Å². The Morgan fingerprint density at radius 3 is 2.34 bits per heavy atom. The van der Waals surface area contributed by atoms with Gasteiger partial charge < -0.3 is 19.0 Å². The van der Waals surface area contributed by atoms with Crippen LogP contribution in [0.1, 0.15) is 40.4 Å². The highest BCUT2D eigenvalue weighted by atomic mass is 16.5. The van der Waals surface area contributed by atoms with Gasteiger partial charge in [0.15, 0.2) is 0 Å². The summed E-state index contributed by atoms with van der Waals surface area (Å²) in [6, 6.07) is 40.8. The van der Waals surface area contributed by atoms with Gasteiger partial charge in [-0.3, -0.25) is 4.79 Å². The zero-order chi connectivity index (χ0) is 27.9. The smallest absolute Gasteiger partial charge is 0.221 e. The van der Waals surface area contributed by atoms with E-state index in [-0.39, 0.29) is 11.8 Å². The molecular weight excluding hydrogens is 508 g/mol. The predicted octanol–water partition coefficient (Wildman–Crippen LogP) is 7.70. The van der Waals surface area contributed by atoms with Crippen LogP contribution in [0.3, 0.4) is 0 Å². The number of nitrogens with one attached hydrogen (secondary N) is 1. The molecule has 0 aliphatic rings. The highest BCUT2D eigenvalue weighted by Gasteiger charge is 2.23. The predicted molar refractivity (Wildman–Crippen MR) is 162 cm³/mol. The van der Waals surface area contributed by atoms with Crippen molar-refractivity contribution in [1.82, 2.24) is 9.88 Å². The Morgan fingerprint density at radius 2 is 1.56 bits per heavy atom. The number of para-hydroxylation sites is 1. The third-order valence-electron chi connectivity index (χ3n) is 7.33. The number of carbonyl (C=O) groups is 1. The second kappa shape index (κ2) is 12.4. The average Bonchev–Trinajstić information content (AvgIpc) is 3.68. The van der Waals surface area contributed by atoms with Crippen molar-refractivity contribution >= 4 is 16.8 Å². The number of aromatic nitrogens is 1. The molecule has 0 radical (unpaired) electrons. The molecule has 1 amide bonds. The molecule has 5 heteroatoms. The van der Waals surface area contributed by atoms with Gasteiger partial charge in [0.1, 0.15) is 18.1 Å². The first kappa shape index (κ1) is 26.2. The van der Waals surface area contributed by atoms with Crippen molar-refractivity contribution < 1.29 is 13.9 Å². The summed E-state index contributed by atoms with van der Waals surface area (Å²) in [6.45, 7) is 1.59. The lowest BCUT2D eigenvalue weighted by Gasteiger charge is -2.18. The normalized spacial score (nSPS) is 11.8. The minimum Gasteiger partial charge on any atom is -0.489 e. The average molecular weight is 541 g/mol. The van der Waals surface area contributed by atoms with Crippen molar-refractivity contribution in [2.75, 3.05) is 0 Å². The van der Waals surface area contributed by atoms with E-state index in [9.17, 15) is 4.79 Å². The first-order chi connectivity index (χ1) is 20.2. The minimum absolute atomic E-state index is 0.0399. The quantitative estimate of drug-likeness (QED) is 0.183. The Hall–Kier alpha value is -5.03. The van der Waals surface area contributed by atoms with Gasteiger partial charge in [-0.1, -0.05) is 91.0 Å². The molecule has 0 aliphatic heterocycles. The summed E-state index contributed by atoms with van der Waals surface area (Å²) in [7, 11) is 0. The summed E-state index contributed by atoms with van der Waals surface area (Å²) in [4.78, 5) is 13.3. The van der Waals surface area contributed by atoms with Crippen molar-refractivity contribution in [3.05, 3.63) is 162 Å². The van der Waals surface area contributed by atoms with Crippen molar-refractivity contribution in [1.29, 1.82) is 0 Å². The van der Waals surface area contributed by atoms with E-state index >= 15 is 0 Å². The lowest BCUT2D eigenvalue weighted by Crippen LogP contribution is -2.24. The van der Waals surface area contributed by atoms with Gasteiger partial charge in [-0.2, -0.15) is 0 Å². The Kier molecular flexibility index (Phi) is 7.95. The van der Waals surface area contributed by atoms with Crippen LogP contribution in [0, 0.1) is 0 Å². The van der Waals surface area contributed by atoms with E-state index in [1.165, 1.54) is 5.56 Å². The zero-order valence-corrected chi connectivity index (χ0v) is 22.8. The van der Waals surface area contributed by atoms with Gasteiger partial charge in [-0.15, -0.1) is 0 Å². The number of benzene rings is 4. The van der Waals surface area contributed by atoms with Crippen LogP contribution < -0.4 is 10.1 Å². The Balaban J connectivity index is 1.34. The van der Waals surface area contributed by atoms with Crippen molar-refractivity contribution in [2.24, 2.45) is 0 Å². The number of hydrogen-bond donors (Lipinski definition) is 1. The largest absolute Gasteiger partial charge is 0.489 e. The van der Waals surface area contributed by atoms with Crippen molar-refractivity contribution in [2.45, 2.75) is 32.0 Å². The van der Waals surface area contributed by atoms with Crippen LogP contribution in [0.5, 0.6) is 5.75 Å². The first-order valence-electron chi connectivity index (χ1n) is 13.9. The van der Waals surface area contributed by atoms with E-state index in [1.807, 2.05) is 48.5 Å². The van der Waals surface area contributed by atoms with Crippen LogP contribution >= 0.6 is 0 Å². The summed E-state index contributed by atoms with van der Waals surface area (Å²) in [5.41, 5.74) is 5.62. The molecule has 4 aromatic carbocycles. The number of ether oxygens (including phenoxy) is 1. The van der Waals surface area contributed by atoms with Crippen molar-refractivity contribution in [3.8, 4) is 5.75 Å². The highest BCUT2D eigenvalue weighted by Crippen LogP contribution is 2.36. The van der Waals surface area contributed by atoms with Gasteiger partial charge >= 0.3 is 0 Å². The number of amides is 1. The van der Waals surface area contributed by atoms with Gasteiger partial charge in [0.2, 0.25) is 5.91 Å². The maximum atomic E-state index is 13.3. The molecule has 2 heterocycles. The summed E-state index contributed by atoms with van der Waals surface area (Å²) in [6.07, 6.45) is 4.12. The molecule has 6 aromatic rings. The molecule has 0 aliphatic carbocycles. The molecule has 0 saturated carbocycles. The number of furan rings is 1. The molecule has 1 N–H and O–H groups in total. The third kappa shape index (κ3) is 6.42. The second-order valence-corrected chi connectivity index (χ2v) is 10.2. The van der Waals surface area contributed by atoms with E-state index in [1.54, 1.807) is 6.26 Å². The SMILES string of the molecule is O=C(CC(c1cccc(OCc2ccccc2)c1)c1cn(Cc2ccccc2)c2ccccc12)NCc1ccco1. The molecule has 0 bridgehead atoms. The third-order valence-corrected chi connectivity index (χ3v) is 7.33. The molecule has 0 spiro atoms. The zero-order valence-electron chi connectivity index (χ0n) is 22.8.